The summed E-state index contributed by atoms with van der Waals surface area (Å²) in [6.45, 7) is 7.38. The van der Waals surface area contributed by atoms with Crippen LogP contribution in [0.2, 0.25) is 0 Å². The number of nitrogens with zero attached hydrogens (tertiary/aromatic N) is 5. The fourth-order valence-electron chi connectivity index (χ4n) is 6.13. The Balaban J connectivity index is 1.62. The summed E-state index contributed by atoms with van der Waals surface area (Å²) in [4.78, 5) is 27.4. The Morgan fingerprint density at radius 2 is 1.85 bits per heavy atom. The number of anilines is 2. The Morgan fingerprint density at radius 1 is 1.13 bits per heavy atom. The quantitative estimate of drug-likeness (QED) is 0.293. The van der Waals surface area contributed by atoms with Crippen molar-refractivity contribution in [3.05, 3.63) is 5.82 Å². The van der Waals surface area contributed by atoms with E-state index in [1.54, 1.807) is 0 Å². The number of sulfone groups is 1. The number of hydrogen-bond acceptors (Lipinski definition) is 9. The molecule has 0 spiro atoms. The first-order valence-electron chi connectivity index (χ1n) is 14.1. The summed E-state index contributed by atoms with van der Waals surface area (Å²) in [5, 5.41) is 23.0. The minimum absolute atomic E-state index is 0.0508. The van der Waals surface area contributed by atoms with Crippen LogP contribution in [-0.2, 0) is 16.4 Å². The molecule has 2 aromatic rings. The van der Waals surface area contributed by atoms with Gasteiger partial charge in [0.15, 0.2) is 33.0 Å². The lowest BCUT2D eigenvalue weighted by atomic mass is 9.80. The summed E-state index contributed by atoms with van der Waals surface area (Å²) in [5.41, 5.74) is 1.10. The van der Waals surface area contributed by atoms with E-state index >= 15 is 0 Å². The van der Waals surface area contributed by atoms with Crippen molar-refractivity contribution in [2.45, 2.75) is 84.3 Å². The average molecular weight is 561 g/mol. The molecule has 1 amide bonds. The fraction of sp³-hybridized carbons (Fsp3) is 0.731. The van der Waals surface area contributed by atoms with Crippen molar-refractivity contribution in [3.63, 3.8) is 0 Å². The molecule has 4 N–H and O–H groups in total. The van der Waals surface area contributed by atoms with Gasteiger partial charge in [-0.25, -0.2) is 23.2 Å². The van der Waals surface area contributed by atoms with E-state index < -0.39 is 21.8 Å². The largest absolute Gasteiger partial charge is 0.465 e. The lowest BCUT2D eigenvalue weighted by Crippen LogP contribution is -2.48. The molecular formula is C26H40N8O4S. The molecule has 12 nitrogen and oxygen atoms in total. The summed E-state index contributed by atoms with van der Waals surface area (Å²) in [5.74, 6) is 2.53. The molecular weight excluding hydrogens is 520 g/mol. The number of carbonyl (C=O) groups is 1. The number of rotatable bonds is 7. The molecule has 3 aliphatic rings. The number of amides is 1. The molecule has 13 heteroatoms. The maximum Gasteiger partial charge on any atom is 0.410 e. The second-order valence-corrected chi connectivity index (χ2v) is 14.0. The molecule has 2 aliphatic carbocycles. The van der Waals surface area contributed by atoms with Gasteiger partial charge in [0.25, 0.3) is 0 Å². The second-order valence-electron chi connectivity index (χ2n) is 11.8. The normalized spacial score (nSPS) is 26.1. The van der Waals surface area contributed by atoms with Gasteiger partial charge in [-0.15, -0.1) is 0 Å². The van der Waals surface area contributed by atoms with E-state index in [1.807, 2.05) is 11.8 Å². The van der Waals surface area contributed by atoms with Gasteiger partial charge in [0.05, 0.1) is 11.5 Å². The third kappa shape index (κ3) is 5.97. The molecule has 1 unspecified atom stereocenters. The van der Waals surface area contributed by atoms with Crippen molar-refractivity contribution in [1.29, 1.82) is 5.41 Å². The highest BCUT2D eigenvalue weighted by atomic mass is 32.2. The van der Waals surface area contributed by atoms with E-state index in [-0.39, 0.29) is 29.4 Å². The van der Waals surface area contributed by atoms with Crippen LogP contribution in [0.25, 0.3) is 11.2 Å². The topological polar surface area (TPSA) is 166 Å². The maximum absolute atomic E-state index is 12.4. The van der Waals surface area contributed by atoms with Crippen LogP contribution in [0, 0.1) is 23.2 Å². The molecule has 1 saturated heterocycles. The minimum atomic E-state index is -3.12. The van der Waals surface area contributed by atoms with Crippen LogP contribution in [0.15, 0.2) is 0 Å². The number of amidine groups is 1. The van der Waals surface area contributed by atoms with E-state index in [0.29, 0.717) is 48.3 Å². The van der Waals surface area contributed by atoms with Gasteiger partial charge in [-0.05, 0) is 57.3 Å². The first-order valence-corrected chi connectivity index (χ1v) is 15.9. The van der Waals surface area contributed by atoms with Crippen LogP contribution in [0.3, 0.4) is 0 Å². The first-order chi connectivity index (χ1) is 18.5. The van der Waals surface area contributed by atoms with Crippen LogP contribution in [0.1, 0.15) is 71.5 Å². The second kappa shape index (κ2) is 10.9. The number of imidazole rings is 1. The molecule has 3 heterocycles. The van der Waals surface area contributed by atoms with Crippen molar-refractivity contribution in [3.8, 4) is 0 Å². The zero-order valence-electron chi connectivity index (χ0n) is 23.0. The van der Waals surface area contributed by atoms with E-state index in [1.165, 1.54) is 19.3 Å². The molecule has 5 rings (SSSR count). The molecule has 0 aromatic carbocycles. The third-order valence-corrected chi connectivity index (χ3v) is 10.6. The zero-order valence-corrected chi connectivity index (χ0v) is 23.8. The van der Waals surface area contributed by atoms with Crippen LogP contribution < -0.4 is 15.5 Å². The van der Waals surface area contributed by atoms with Gasteiger partial charge >= 0.3 is 6.09 Å². The third-order valence-electron chi connectivity index (χ3n) is 8.76. The van der Waals surface area contributed by atoms with Gasteiger partial charge < -0.3 is 19.9 Å². The molecule has 39 heavy (non-hydrogen) atoms. The number of fused-ring (bicyclic) bond motifs is 1. The van der Waals surface area contributed by atoms with Crippen LogP contribution in [0.4, 0.5) is 16.6 Å². The van der Waals surface area contributed by atoms with Crippen LogP contribution in [0.5, 0.6) is 0 Å². The Bertz CT molecular complexity index is 1350. The lowest BCUT2D eigenvalue weighted by Gasteiger charge is -2.35. The van der Waals surface area contributed by atoms with Gasteiger partial charge in [-0.3, -0.25) is 10.7 Å². The Labute approximate surface area is 229 Å². The maximum atomic E-state index is 12.4. The summed E-state index contributed by atoms with van der Waals surface area (Å²) >= 11 is 0. The zero-order chi connectivity index (χ0) is 27.9. The summed E-state index contributed by atoms with van der Waals surface area (Å²) < 4.78 is 26.9. The highest BCUT2D eigenvalue weighted by molar-refractivity contribution is 7.91. The summed E-state index contributed by atoms with van der Waals surface area (Å²) in [6.07, 6.45) is 6.68. The fourth-order valence-corrected chi connectivity index (χ4v) is 7.69. The highest BCUT2D eigenvalue weighted by Crippen LogP contribution is 2.36. The van der Waals surface area contributed by atoms with Gasteiger partial charge in [-0.1, -0.05) is 26.2 Å². The predicted octanol–water partition coefficient (Wildman–Crippen LogP) is 3.47. The van der Waals surface area contributed by atoms with Gasteiger partial charge in [-0.2, -0.15) is 4.98 Å². The summed E-state index contributed by atoms with van der Waals surface area (Å²) in [6, 6.07) is -0.122. The first kappa shape index (κ1) is 27.6. The number of carboxylic acid groups (broad SMARTS) is 1. The average Bonchev–Trinajstić information content (AvgIpc) is 3.16. The van der Waals surface area contributed by atoms with E-state index in [4.69, 9.17) is 10.4 Å². The Hall–Kier alpha value is -2.96. The van der Waals surface area contributed by atoms with Crippen molar-refractivity contribution >= 4 is 44.7 Å². The lowest BCUT2D eigenvalue weighted by molar-refractivity contribution is 0.200. The molecule has 2 aromatic heterocycles. The molecule has 0 bridgehead atoms. The molecule has 3 fully saturated rings. The Kier molecular flexibility index (Phi) is 7.71. The predicted molar refractivity (Wildman–Crippen MR) is 150 cm³/mol. The minimum Gasteiger partial charge on any atom is -0.465 e. The van der Waals surface area contributed by atoms with Crippen molar-refractivity contribution in [1.82, 2.24) is 24.8 Å². The smallest absolute Gasteiger partial charge is 0.410 e. The van der Waals surface area contributed by atoms with E-state index in [0.717, 1.165) is 31.2 Å². The van der Waals surface area contributed by atoms with Gasteiger partial charge in [0, 0.05) is 25.2 Å². The number of nitrogens with one attached hydrogen (secondary N) is 3. The van der Waals surface area contributed by atoms with Gasteiger partial charge in [0.2, 0.25) is 5.95 Å². The number of aromatic nitrogens is 4. The van der Waals surface area contributed by atoms with Gasteiger partial charge in [0.1, 0.15) is 5.52 Å². The molecule has 1 aliphatic heterocycles. The highest BCUT2D eigenvalue weighted by Gasteiger charge is 2.34. The van der Waals surface area contributed by atoms with E-state index in [2.05, 4.69) is 39.0 Å². The monoisotopic (exact) mass is 560 g/mol. The van der Waals surface area contributed by atoms with E-state index in [9.17, 15) is 18.3 Å². The number of hydrogen-bond donors (Lipinski definition) is 4. The summed E-state index contributed by atoms with van der Waals surface area (Å²) in [7, 11) is -3.12. The van der Waals surface area contributed by atoms with Crippen molar-refractivity contribution in [2.24, 2.45) is 17.8 Å². The Morgan fingerprint density at radius 3 is 2.46 bits per heavy atom. The molecule has 2 saturated carbocycles. The molecule has 2 atom stereocenters. The van der Waals surface area contributed by atoms with Crippen LogP contribution >= 0.6 is 0 Å². The SMILES string of the molecule is CC1CS(=O)(=O)CCN1c1nc2nc(C(=N)NC(=O)O)nc(N[C@H](C)C3CCC3)c2n1C[C@H]1CC[C@H](C)CC1. The molecule has 0 radical (unpaired) electrons. The molecule has 214 valence electrons. The van der Waals surface area contributed by atoms with Crippen molar-refractivity contribution in [2.75, 3.05) is 28.3 Å². The standard InChI is InChI=1S/C26H40N8O4S/c1-15-7-9-18(10-8-15)13-34-20-22(28-17(3)19-5-4-6-19)30-24(21(27)29-26(35)36)31-23(20)32-25(34)33-11-12-39(37,38)14-16(33)2/h15-19H,4-14H2,1-3H3,(H2,27,29)(H,35,36)(H,28,30,31)/t15-,16?,17-,18-/m1/s1. The van der Waals surface area contributed by atoms with Crippen LogP contribution in [-0.4, -0.2) is 75.1 Å². The van der Waals surface area contributed by atoms with Crippen molar-refractivity contribution < 1.29 is 18.3 Å².